The summed E-state index contributed by atoms with van der Waals surface area (Å²) in [6.45, 7) is 6.06. The van der Waals surface area contributed by atoms with Gasteiger partial charge in [0.05, 0.1) is 40.1 Å². The lowest BCUT2D eigenvalue weighted by atomic mass is 9.85. The summed E-state index contributed by atoms with van der Waals surface area (Å²) < 4.78 is 18.6. The fourth-order valence-corrected chi connectivity index (χ4v) is 9.18. The Bertz CT molecular complexity index is 2400. The lowest BCUT2D eigenvalue weighted by Crippen LogP contribution is -2.45. The summed E-state index contributed by atoms with van der Waals surface area (Å²) in [7, 11) is 3.99. The number of halogens is 1. The maximum absolute atomic E-state index is 13.5. The van der Waals surface area contributed by atoms with Gasteiger partial charge in [-0.25, -0.2) is 14.2 Å². The average Bonchev–Trinajstić information content (AvgIpc) is 3.72. The normalized spacial score (nSPS) is 21.1. The number of amides is 3. The van der Waals surface area contributed by atoms with Gasteiger partial charge in [-0.1, -0.05) is 6.07 Å². The van der Waals surface area contributed by atoms with Gasteiger partial charge in [0.25, 0.3) is 5.91 Å². The molecule has 3 N–H and O–H groups in total. The first-order valence-electron chi connectivity index (χ1n) is 19.9. The van der Waals surface area contributed by atoms with E-state index in [0.29, 0.717) is 35.1 Å². The predicted octanol–water partition coefficient (Wildman–Crippen LogP) is 5.01. The second kappa shape index (κ2) is 15.2. The minimum atomic E-state index is -1.25. The summed E-state index contributed by atoms with van der Waals surface area (Å²) in [5, 5.41) is 22.0. The van der Waals surface area contributed by atoms with Crippen LogP contribution in [0.5, 0.6) is 0 Å². The molecule has 3 aliphatic rings. The molecule has 2 aliphatic heterocycles. The van der Waals surface area contributed by atoms with Crippen molar-refractivity contribution in [3.05, 3.63) is 82.4 Å². The molecular formula is C42H50FN9O5. The standard InChI is InChI=1S/C42H50FN9O5/c1-42(2,57)30-21-32-26(20-33(30)45-39(54)31-13-10-27(43)22-44-31)24-51(47-32)29-11-8-25(9-12-29)23-48(3)28-16-18-50(19-17-28)34-6-5-7-35-38(34)49(4)41(56)52(35)36-14-15-37(53)46-40(36)55/h5-7,10,13,20-22,24-25,28-29,36,57H,8-9,11-12,14-19,23H2,1-4H3,(H,45,54)(H,46,53,55)/t25-,29-,36?. The number of rotatable bonds is 9. The van der Waals surface area contributed by atoms with Crippen LogP contribution in [0.2, 0.25) is 0 Å². The van der Waals surface area contributed by atoms with Crippen LogP contribution in [0.15, 0.2) is 59.7 Å². The molecule has 2 aromatic carbocycles. The van der Waals surface area contributed by atoms with Crippen LogP contribution in [-0.4, -0.2) is 84.4 Å². The zero-order valence-corrected chi connectivity index (χ0v) is 32.9. The number of aliphatic hydroxyl groups is 1. The number of hydrogen-bond acceptors (Lipinski definition) is 9. The molecule has 1 aliphatic carbocycles. The van der Waals surface area contributed by atoms with Gasteiger partial charge in [-0.2, -0.15) is 5.10 Å². The highest BCUT2D eigenvalue weighted by atomic mass is 19.1. The highest BCUT2D eigenvalue weighted by molar-refractivity contribution is 6.04. The number of carbonyl (C=O) groups is 3. The fourth-order valence-electron chi connectivity index (χ4n) is 9.18. The van der Waals surface area contributed by atoms with Gasteiger partial charge in [-0.05, 0) is 108 Å². The molecule has 3 amide bonds. The van der Waals surface area contributed by atoms with Crippen LogP contribution < -0.4 is 21.2 Å². The van der Waals surface area contributed by atoms with Gasteiger partial charge in [0.1, 0.15) is 17.6 Å². The van der Waals surface area contributed by atoms with Crippen LogP contribution in [0.3, 0.4) is 0 Å². The van der Waals surface area contributed by atoms with Crippen molar-refractivity contribution in [1.82, 2.24) is 34.1 Å². The predicted molar refractivity (Wildman–Crippen MR) is 215 cm³/mol. The molecule has 3 fully saturated rings. The number of piperidine rings is 2. The van der Waals surface area contributed by atoms with Crippen LogP contribution in [0.25, 0.3) is 21.9 Å². The van der Waals surface area contributed by atoms with Gasteiger partial charge >= 0.3 is 5.69 Å². The molecular weight excluding hydrogens is 730 g/mol. The van der Waals surface area contributed by atoms with Gasteiger partial charge in [-0.15, -0.1) is 0 Å². The summed E-state index contributed by atoms with van der Waals surface area (Å²) >= 11 is 0. The van der Waals surface area contributed by atoms with Gasteiger partial charge in [0.15, 0.2) is 0 Å². The molecule has 0 radical (unpaired) electrons. The Morgan fingerprint density at radius 2 is 1.79 bits per heavy atom. The Labute approximate surface area is 329 Å². The zero-order chi connectivity index (χ0) is 40.2. The van der Waals surface area contributed by atoms with Gasteiger partial charge in [0, 0.05) is 62.0 Å². The largest absolute Gasteiger partial charge is 0.386 e. The van der Waals surface area contributed by atoms with Crippen LogP contribution in [0, 0.1) is 11.7 Å². The number of anilines is 2. The van der Waals surface area contributed by atoms with E-state index < -0.39 is 29.3 Å². The van der Waals surface area contributed by atoms with E-state index in [0.717, 1.165) is 86.5 Å². The van der Waals surface area contributed by atoms with Crippen molar-refractivity contribution in [2.45, 2.75) is 88.9 Å². The van der Waals surface area contributed by atoms with Crippen LogP contribution >= 0.6 is 0 Å². The van der Waals surface area contributed by atoms with Crippen molar-refractivity contribution >= 4 is 51.0 Å². The molecule has 300 valence electrons. The number of aromatic nitrogens is 5. The molecule has 5 heterocycles. The summed E-state index contributed by atoms with van der Waals surface area (Å²) in [6.07, 6.45) is 9.71. The third-order valence-electron chi connectivity index (χ3n) is 12.3. The van der Waals surface area contributed by atoms with Crippen molar-refractivity contribution in [2.24, 2.45) is 13.0 Å². The minimum Gasteiger partial charge on any atom is -0.386 e. The van der Waals surface area contributed by atoms with E-state index in [2.05, 4.69) is 38.5 Å². The van der Waals surface area contributed by atoms with E-state index >= 15 is 0 Å². The summed E-state index contributed by atoms with van der Waals surface area (Å²) in [5.41, 5.74) is 2.80. The molecule has 1 unspecified atom stereocenters. The van der Waals surface area contributed by atoms with Gasteiger partial charge in [-0.3, -0.25) is 33.5 Å². The van der Waals surface area contributed by atoms with Gasteiger partial charge < -0.3 is 20.2 Å². The fraction of sp³-hybridized carbons (Fsp3) is 0.476. The molecule has 8 rings (SSSR count). The minimum absolute atomic E-state index is 0.0742. The van der Waals surface area contributed by atoms with Crippen molar-refractivity contribution in [2.75, 3.05) is 36.9 Å². The Morgan fingerprint density at radius 1 is 1.04 bits per heavy atom. The van der Waals surface area contributed by atoms with E-state index in [1.807, 2.05) is 35.1 Å². The maximum atomic E-state index is 13.5. The van der Waals surface area contributed by atoms with Crippen molar-refractivity contribution < 1.29 is 23.9 Å². The van der Waals surface area contributed by atoms with Crippen molar-refractivity contribution in [1.29, 1.82) is 0 Å². The molecule has 2 saturated heterocycles. The summed E-state index contributed by atoms with van der Waals surface area (Å²) in [5.74, 6) is -1.18. The number of para-hydroxylation sites is 1. The Kier molecular flexibility index (Phi) is 10.2. The third-order valence-corrected chi connectivity index (χ3v) is 12.3. The first-order chi connectivity index (χ1) is 27.2. The second-order valence-electron chi connectivity index (χ2n) is 16.6. The van der Waals surface area contributed by atoms with E-state index in [4.69, 9.17) is 5.10 Å². The highest BCUT2D eigenvalue weighted by Crippen LogP contribution is 2.37. The molecule has 1 atom stereocenters. The van der Waals surface area contributed by atoms with E-state index in [-0.39, 0.29) is 29.8 Å². The number of benzene rings is 2. The monoisotopic (exact) mass is 779 g/mol. The molecule has 14 nitrogen and oxygen atoms in total. The van der Waals surface area contributed by atoms with E-state index in [1.165, 1.54) is 12.1 Å². The number of nitrogens with zero attached hydrogens (tertiary/aromatic N) is 7. The van der Waals surface area contributed by atoms with E-state index in [9.17, 15) is 28.7 Å². The SMILES string of the molecule is CN(C[C@H]1CC[C@H](n2cc3cc(NC(=O)c4ccc(F)cn4)c(C(C)(C)O)cc3n2)CC1)C1CCN(c2cccc3c2n(C)c(=O)n3C2CCC(=O)NC2=O)CC1. The Hall–Kier alpha value is -5.41. The smallest absolute Gasteiger partial charge is 0.329 e. The van der Waals surface area contributed by atoms with Crippen molar-refractivity contribution in [3.8, 4) is 0 Å². The molecule has 57 heavy (non-hydrogen) atoms. The number of hydrogen-bond donors (Lipinski definition) is 3. The summed E-state index contributed by atoms with van der Waals surface area (Å²) in [6, 6.07) is 12.0. The Morgan fingerprint density at radius 3 is 2.47 bits per heavy atom. The number of imidazole rings is 1. The molecule has 3 aromatic heterocycles. The maximum Gasteiger partial charge on any atom is 0.329 e. The number of nitrogens with one attached hydrogen (secondary N) is 2. The zero-order valence-electron chi connectivity index (χ0n) is 32.9. The van der Waals surface area contributed by atoms with Crippen LogP contribution in [0.4, 0.5) is 15.8 Å². The Balaban J connectivity index is 0.882. The van der Waals surface area contributed by atoms with Crippen LogP contribution in [0.1, 0.15) is 93.3 Å². The van der Waals surface area contributed by atoms with E-state index in [1.54, 1.807) is 30.0 Å². The first kappa shape index (κ1) is 38.5. The number of fused-ring (bicyclic) bond motifs is 2. The molecule has 5 aromatic rings. The lowest BCUT2D eigenvalue weighted by Gasteiger charge is -2.40. The number of aryl methyl sites for hydroxylation is 1. The molecule has 0 bridgehead atoms. The van der Waals surface area contributed by atoms with Crippen molar-refractivity contribution in [3.63, 3.8) is 0 Å². The topological polar surface area (TPSA) is 160 Å². The number of pyridine rings is 1. The van der Waals surface area contributed by atoms with Gasteiger partial charge in [0.2, 0.25) is 11.8 Å². The quantitative estimate of drug-likeness (QED) is 0.175. The summed E-state index contributed by atoms with van der Waals surface area (Å²) in [4.78, 5) is 59.7. The number of carbonyl (C=O) groups excluding carboxylic acids is 3. The molecule has 0 spiro atoms. The molecule has 15 heteroatoms. The highest BCUT2D eigenvalue weighted by Gasteiger charge is 2.33. The lowest BCUT2D eigenvalue weighted by molar-refractivity contribution is -0.135. The average molecular weight is 780 g/mol. The molecule has 1 saturated carbocycles. The third kappa shape index (κ3) is 7.57. The first-order valence-corrected chi connectivity index (χ1v) is 19.9. The second-order valence-corrected chi connectivity index (χ2v) is 16.6. The number of imide groups is 1. The van der Waals surface area contributed by atoms with Crippen LogP contribution in [-0.2, 0) is 22.2 Å².